The first-order chi connectivity index (χ1) is 16.1. The summed E-state index contributed by atoms with van der Waals surface area (Å²) < 4.78 is 26.7. The van der Waals surface area contributed by atoms with Crippen molar-refractivity contribution in [3.05, 3.63) is 71.5 Å². The maximum atomic E-state index is 14.0. The van der Waals surface area contributed by atoms with Crippen LogP contribution < -0.4 is 10.1 Å². The number of nitrogens with zero attached hydrogens (tertiary/aromatic N) is 3. The maximum absolute atomic E-state index is 14.0. The number of methoxy groups -OCH3 is 1. The lowest BCUT2D eigenvalue weighted by Crippen LogP contribution is -2.38. The van der Waals surface area contributed by atoms with Crippen LogP contribution in [0.15, 0.2) is 54.6 Å². The van der Waals surface area contributed by atoms with Gasteiger partial charge in [-0.2, -0.15) is 10.4 Å². The number of hydrogen-bond acceptors (Lipinski definition) is 5. The van der Waals surface area contributed by atoms with Crippen LogP contribution in [0.25, 0.3) is 11.3 Å². The Morgan fingerprint density at radius 3 is 2.61 bits per heavy atom. The summed E-state index contributed by atoms with van der Waals surface area (Å²) in [7, 11) is 1.58. The molecule has 170 valence electrons. The van der Waals surface area contributed by atoms with Crippen LogP contribution in [-0.4, -0.2) is 29.0 Å². The number of nitriles is 1. The fraction of sp³-hybridized carbons (Fsp3) is 0.320. The zero-order valence-electron chi connectivity index (χ0n) is 18.3. The van der Waals surface area contributed by atoms with E-state index in [0.29, 0.717) is 17.1 Å². The molecule has 0 radical (unpaired) electrons. The van der Waals surface area contributed by atoms with Crippen molar-refractivity contribution in [2.75, 3.05) is 7.11 Å². The van der Waals surface area contributed by atoms with Gasteiger partial charge in [-0.1, -0.05) is 36.4 Å². The molecular formula is C25H25FN4O3. The number of carbonyl (C=O) groups excluding carboxylic acids is 1. The minimum absolute atomic E-state index is 0.00161. The summed E-state index contributed by atoms with van der Waals surface area (Å²) in [6, 6.07) is 17.7. The number of carbonyl (C=O) groups is 1. The monoisotopic (exact) mass is 448 g/mol. The van der Waals surface area contributed by atoms with Gasteiger partial charge in [-0.3, -0.25) is 0 Å². The van der Waals surface area contributed by atoms with Crippen LogP contribution >= 0.6 is 0 Å². The van der Waals surface area contributed by atoms with Crippen LogP contribution in [0.4, 0.5) is 9.18 Å². The Bertz CT molecular complexity index is 1150. The van der Waals surface area contributed by atoms with Crippen molar-refractivity contribution in [2.45, 2.75) is 44.4 Å². The van der Waals surface area contributed by atoms with E-state index in [0.717, 1.165) is 31.2 Å². The van der Waals surface area contributed by atoms with Crippen LogP contribution in [0.5, 0.6) is 5.88 Å². The van der Waals surface area contributed by atoms with Crippen molar-refractivity contribution in [3.8, 4) is 23.2 Å². The van der Waals surface area contributed by atoms with Gasteiger partial charge in [0.05, 0.1) is 24.4 Å². The third kappa shape index (κ3) is 5.32. The normalized spacial score (nSPS) is 17.7. The van der Waals surface area contributed by atoms with Gasteiger partial charge in [-0.05, 0) is 43.4 Å². The molecule has 1 aliphatic rings. The molecule has 0 saturated heterocycles. The van der Waals surface area contributed by atoms with E-state index in [-0.39, 0.29) is 24.3 Å². The second-order valence-corrected chi connectivity index (χ2v) is 8.03. The Morgan fingerprint density at radius 2 is 1.94 bits per heavy atom. The molecule has 1 saturated carbocycles. The van der Waals surface area contributed by atoms with Crippen molar-refractivity contribution in [2.24, 2.45) is 0 Å². The van der Waals surface area contributed by atoms with Crippen molar-refractivity contribution in [3.63, 3.8) is 0 Å². The minimum atomic E-state index is -0.575. The predicted octanol–water partition coefficient (Wildman–Crippen LogP) is 4.98. The SMILES string of the molecule is COc1cc(-c2ccc(C#N)c(F)c2)nn1C1CCC(NC(=O)OCc2ccccc2)CC1. The molecular weight excluding hydrogens is 423 g/mol. The largest absolute Gasteiger partial charge is 0.481 e. The Labute approximate surface area is 191 Å². The van der Waals surface area contributed by atoms with E-state index >= 15 is 0 Å². The van der Waals surface area contributed by atoms with E-state index in [1.165, 1.54) is 12.1 Å². The zero-order valence-corrected chi connectivity index (χ0v) is 18.3. The molecule has 2 aromatic carbocycles. The lowest BCUT2D eigenvalue weighted by atomic mass is 9.91. The van der Waals surface area contributed by atoms with E-state index in [1.807, 2.05) is 41.1 Å². The fourth-order valence-electron chi connectivity index (χ4n) is 4.09. The first-order valence-electron chi connectivity index (χ1n) is 10.9. The summed E-state index contributed by atoms with van der Waals surface area (Å²) in [4.78, 5) is 12.1. The van der Waals surface area contributed by atoms with Crippen molar-refractivity contribution in [1.82, 2.24) is 15.1 Å². The van der Waals surface area contributed by atoms with Gasteiger partial charge < -0.3 is 14.8 Å². The Morgan fingerprint density at radius 1 is 1.18 bits per heavy atom. The van der Waals surface area contributed by atoms with Gasteiger partial charge in [-0.25, -0.2) is 13.9 Å². The molecule has 1 aliphatic carbocycles. The van der Waals surface area contributed by atoms with Crippen LogP contribution in [0.2, 0.25) is 0 Å². The highest BCUT2D eigenvalue weighted by Gasteiger charge is 2.27. The lowest BCUT2D eigenvalue weighted by molar-refractivity contribution is 0.130. The van der Waals surface area contributed by atoms with E-state index in [2.05, 4.69) is 10.4 Å². The summed E-state index contributed by atoms with van der Waals surface area (Å²) in [6.07, 6.45) is 2.78. The highest BCUT2D eigenvalue weighted by atomic mass is 19.1. The number of aromatic nitrogens is 2. The molecule has 4 rings (SSSR count). The second kappa shape index (κ2) is 10.2. The standard InChI is InChI=1S/C25H25FN4O3/c1-32-24-14-23(18-7-8-19(15-27)22(26)13-18)29-30(24)21-11-9-20(10-12-21)28-25(31)33-16-17-5-3-2-4-6-17/h2-8,13-14,20-21H,9-12,16H2,1H3,(H,28,31). The topological polar surface area (TPSA) is 89.2 Å². The predicted molar refractivity (Wildman–Crippen MR) is 120 cm³/mol. The maximum Gasteiger partial charge on any atom is 0.407 e. The number of alkyl carbamates (subject to hydrolysis) is 1. The van der Waals surface area contributed by atoms with E-state index in [9.17, 15) is 9.18 Å². The summed E-state index contributed by atoms with van der Waals surface area (Å²) in [5, 5.41) is 16.5. The molecule has 0 aliphatic heterocycles. The highest BCUT2D eigenvalue weighted by molar-refractivity contribution is 5.67. The number of nitrogens with one attached hydrogen (secondary N) is 1. The summed E-state index contributed by atoms with van der Waals surface area (Å²) >= 11 is 0. The van der Waals surface area contributed by atoms with Gasteiger partial charge in [0.15, 0.2) is 0 Å². The molecule has 1 aromatic heterocycles. The lowest BCUT2D eigenvalue weighted by Gasteiger charge is -2.29. The first kappa shape index (κ1) is 22.3. The van der Waals surface area contributed by atoms with E-state index in [4.69, 9.17) is 14.7 Å². The molecule has 1 fully saturated rings. The Kier molecular flexibility index (Phi) is 6.89. The Hall–Kier alpha value is -3.86. The molecule has 0 unspecified atom stereocenters. The molecule has 1 N–H and O–H groups in total. The van der Waals surface area contributed by atoms with Gasteiger partial charge in [0.2, 0.25) is 5.88 Å². The molecule has 1 amide bonds. The van der Waals surface area contributed by atoms with Gasteiger partial charge in [0.1, 0.15) is 18.5 Å². The van der Waals surface area contributed by atoms with Crippen LogP contribution in [-0.2, 0) is 11.3 Å². The third-order valence-corrected chi connectivity index (χ3v) is 5.87. The number of hydrogen-bond donors (Lipinski definition) is 1. The van der Waals surface area contributed by atoms with Crippen LogP contribution in [0.1, 0.15) is 42.9 Å². The summed E-state index contributed by atoms with van der Waals surface area (Å²) in [5.41, 5.74) is 2.11. The molecule has 3 aromatic rings. The fourth-order valence-corrected chi connectivity index (χ4v) is 4.09. The van der Waals surface area contributed by atoms with Crippen molar-refractivity contribution >= 4 is 6.09 Å². The van der Waals surface area contributed by atoms with Crippen LogP contribution in [0.3, 0.4) is 0 Å². The molecule has 1 heterocycles. The number of halogens is 1. The summed E-state index contributed by atoms with van der Waals surface area (Å²) in [5.74, 6) is 0.0164. The molecule has 0 bridgehead atoms. The highest BCUT2D eigenvalue weighted by Crippen LogP contribution is 2.34. The Balaban J connectivity index is 1.35. The molecule has 0 atom stereocenters. The number of ether oxygens (including phenoxy) is 2. The molecule has 8 heteroatoms. The number of amides is 1. The molecule has 33 heavy (non-hydrogen) atoms. The second-order valence-electron chi connectivity index (χ2n) is 8.03. The van der Waals surface area contributed by atoms with Crippen molar-refractivity contribution in [1.29, 1.82) is 5.26 Å². The van der Waals surface area contributed by atoms with Gasteiger partial charge in [0.25, 0.3) is 0 Å². The molecule has 0 spiro atoms. The average Bonchev–Trinajstić information content (AvgIpc) is 3.28. The summed E-state index contributed by atoms with van der Waals surface area (Å²) in [6.45, 7) is 0.241. The first-order valence-corrected chi connectivity index (χ1v) is 10.9. The third-order valence-electron chi connectivity index (χ3n) is 5.87. The van der Waals surface area contributed by atoms with Gasteiger partial charge in [0, 0.05) is 17.7 Å². The zero-order chi connectivity index (χ0) is 23.2. The van der Waals surface area contributed by atoms with Gasteiger partial charge >= 0.3 is 6.09 Å². The van der Waals surface area contributed by atoms with Gasteiger partial charge in [-0.15, -0.1) is 0 Å². The molecule has 7 nitrogen and oxygen atoms in total. The number of benzene rings is 2. The average molecular weight is 448 g/mol. The van der Waals surface area contributed by atoms with E-state index in [1.54, 1.807) is 19.2 Å². The smallest absolute Gasteiger partial charge is 0.407 e. The van der Waals surface area contributed by atoms with E-state index < -0.39 is 11.9 Å². The van der Waals surface area contributed by atoms with Crippen molar-refractivity contribution < 1.29 is 18.7 Å². The quantitative estimate of drug-likeness (QED) is 0.575. The van der Waals surface area contributed by atoms with Crippen LogP contribution in [0, 0.1) is 17.1 Å². The number of rotatable bonds is 6. The minimum Gasteiger partial charge on any atom is -0.481 e.